The number of H-pyrrole nitrogens is 1. The van der Waals surface area contributed by atoms with Gasteiger partial charge in [-0.3, -0.25) is 0 Å². The van der Waals surface area contributed by atoms with E-state index in [1.54, 1.807) is 17.1 Å². The second-order valence-electron chi connectivity index (χ2n) is 3.05. The summed E-state index contributed by atoms with van der Waals surface area (Å²) in [5, 5.41) is 8.69. The number of aromatic amines is 1. The highest BCUT2D eigenvalue weighted by molar-refractivity contribution is 9.10. The zero-order valence-electron chi connectivity index (χ0n) is 7.55. The van der Waals surface area contributed by atoms with E-state index in [0.29, 0.717) is 0 Å². The van der Waals surface area contributed by atoms with Crippen LogP contribution in [0, 0.1) is 0 Å². The van der Waals surface area contributed by atoms with Crippen molar-refractivity contribution < 1.29 is 0 Å². The van der Waals surface area contributed by atoms with Crippen molar-refractivity contribution in [3.05, 3.63) is 35.2 Å². The number of hydrogen-bond donors (Lipinski definition) is 1. The molecule has 0 saturated heterocycles. The maximum absolute atomic E-state index is 4.41. The zero-order chi connectivity index (χ0) is 10.3. The van der Waals surface area contributed by atoms with E-state index >= 15 is 0 Å². The molecule has 3 aromatic rings. The highest BCUT2D eigenvalue weighted by atomic mass is 79.9. The molecule has 0 amide bonds. The first kappa shape index (κ1) is 8.60. The molecule has 0 saturated carbocycles. The minimum Gasteiger partial charge on any atom is -0.346 e. The number of rotatable bonds is 1. The predicted molar refractivity (Wildman–Crippen MR) is 58.7 cm³/mol. The average molecular weight is 264 g/mol. The van der Waals surface area contributed by atoms with Crippen LogP contribution in [0.2, 0.25) is 0 Å². The first-order valence-electron chi connectivity index (χ1n) is 4.35. The number of aromatic nitrogens is 5. The SMILES string of the molecule is Brc1cc(-n2ccnn2)nc2[nH]ccc12. The number of nitrogens with one attached hydrogen (secondary N) is 1. The summed E-state index contributed by atoms with van der Waals surface area (Å²) in [6, 6.07) is 3.88. The van der Waals surface area contributed by atoms with E-state index in [2.05, 4.69) is 36.2 Å². The molecule has 1 N–H and O–H groups in total. The van der Waals surface area contributed by atoms with E-state index in [0.717, 1.165) is 21.3 Å². The molecule has 0 spiro atoms. The molecule has 0 aliphatic heterocycles. The summed E-state index contributed by atoms with van der Waals surface area (Å²) in [4.78, 5) is 7.47. The van der Waals surface area contributed by atoms with Crippen LogP contribution in [-0.2, 0) is 0 Å². The van der Waals surface area contributed by atoms with Gasteiger partial charge in [0.25, 0.3) is 0 Å². The molecule has 0 atom stereocenters. The Morgan fingerprint density at radius 2 is 2.33 bits per heavy atom. The number of nitrogens with zero attached hydrogens (tertiary/aromatic N) is 4. The minimum atomic E-state index is 0.731. The van der Waals surface area contributed by atoms with E-state index in [4.69, 9.17) is 0 Å². The van der Waals surface area contributed by atoms with Gasteiger partial charge in [-0.05, 0) is 28.1 Å². The average Bonchev–Trinajstić information content (AvgIpc) is 2.88. The molecule has 3 heterocycles. The summed E-state index contributed by atoms with van der Waals surface area (Å²) in [5.41, 5.74) is 0.829. The van der Waals surface area contributed by atoms with Gasteiger partial charge in [0.2, 0.25) is 0 Å². The van der Waals surface area contributed by atoms with Crippen LogP contribution in [0.5, 0.6) is 0 Å². The smallest absolute Gasteiger partial charge is 0.158 e. The van der Waals surface area contributed by atoms with Gasteiger partial charge in [-0.1, -0.05) is 5.21 Å². The lowest BCUT2D eigenvalue weighted by molar-refractivity contribution is 0.784. The summed E-state index contributed by atoms with van der Waals surface area (Å²) < 4.78 is 2.60. The summed E-state index contributed by atoms with van der Waals surface area (Å²) in [5.74, 6) is 0.731. The van der Waals surface area contributed by atoms with Crippen molar-refractivity contribution in [2.24, 2.45) is 0 Å². The fraction of sp³-hybridized carbons (Fsp3) is 0. The maximum Gasteiger partial charge on any atom is 0.158 e. The Morgan fingerprint density at radius 3 is 3.13 bits per heavy atom. The molecule has 0 unspecified atom stereocenters. The van der Waals surface area contributed by atoms with Gasteiger partial charge in [0.05, 0.1) is 12.4 Å². The summed E-state index contributed by atoms with van der Waals surface area (Å²) in [7, 11) is 0. The van der Waals surface area contributed by atoms with Gasteiger partial charge in [-0.15, -0.1) is 5.10 Å². The summed E-state index contributed by atoms with van der Waals surface area (Å²) in [6.45, 7) is 0. The van der Waals surface area contributed by atoms with Crippen LogP contribution in [0.25, 0.3) is 16.9 Å². The third-order valence-electron chi connectivity index (χ3n) is 2.12. The Bertz CT molecular complexity index is 598. The first-order chi connectivity index (χ1) is 7.34. The number of pyridine rings is 1. The molecule has 0 fully saturated rings. The van der Waals surface area contributed by atoms with Crippen molar-refractivity contribution >= 4 is 27.0 Å². The topological polar surface area (TPSA) is 59.4 Å². The second kappa shape index (κ2) is 3.16. The predicted octanol–water partition coefficient (Wildman–Crippen LogP) is 1.91. The van der Waals surface area contributed by atoms with Crippen molar-refractivity contribution in [3.63, 3.8) is 0 Å². The van der Waals surface area contributed by atoms with E-state index in [-0.39, 0.29) is 0 Å². The zero-order valence-corrected chi connectivity index (χ0v) is 9.14. The molecule has 0 aromatic carbocycles. The highest BCUT2D eigenvalue weighted by Gasteiger charge is 2.06. The monoisotopic (exact) mass is 263 g/mol. The third kappa shape index (κ3) is 1.33. The van der Waals surface area contributed by atoms with Crippen molar-refractivity contribution in [2.45, 2.75) is 0 Å². The van der Waals surface area contributed by atoms with Crippen LogP contribution in [0.15, 0.2) is 35.2 Å². The molecular weight excluding hydrogens is 258 g/mol. The van der Waals surface area contributed by atoms with Crippen LogP contribution in [0.1, 0.15) is 0 Å². The minimum absolute atomic E-state index is 0.731. The Hall–Kier alpha value is -1.69. The molecule has 0 radical (unpaired) electrons. The fourth-order valence-electron chi connectivity index (χ4n) is 1.43. The van der Waals surface area contributed by atoms with Crippen LogP contribution in [0.3, 0.4) is 0 Å². The summed E-state index contributed by atoms with van der Waals surface area (Å²) in [6.07, 6.45) is 5.23. The van der Waals surface area contributed by atoms with Gasteiger partial charge in [0, 0.05) is 16.1 Å². The van der Waals surface area contributed by atoms with Crippen molar-refractivity contribution in [1.29, 1.82) is 0 Å². The molecular formula is C9H6BrN5. The maximum atomic E-state index is 4.41. The molecule has 3 rings (SSSR count). The van der Waals surface area contributed by atoms with E-state index in [1.165, 1.54) is 0 Å². The third-order valence-corrected chi connectivity index (χ3v) is 2.78. The normalized spacial score (nSPS) is 11.0. The molecule has 0 aliphatic carbocycles. The second-order valence-corrected chi connectivity index (χ2v) is 3.90. The standard InChI is InChI=1S/C9H6BrN5/c10-7-5-8(15-4-3-12-14-15)13-9-6(7)1-2-11-9/h1-5H,(H,11,13). The van der Waals surface area contributed by atoms with Crippen molar-refractivity contribution in [1.82, 2.24) is 25.0 Å². The first-order valence-corrected chi connectivity index (χ1v) is 5.14. The van der Waals surface area contributed by atoms with Crippen LogP contribution in [0.4, 0.5) is 0 Å². The Balaban J connectivity index is 2.29. The Labute approximate surface area is 93.3 Å². The molecule has 74 valence electrons. The van der Waals surface area contributed by atoms with Gasteiger partial charge < -0.3 is 4.98 Å². The largest absolute Gasteiger partial charge is 0.346 e. The molecule has 5 nitrogen and oxygen atoms in total. The van der Waals surface area contributed by atoms with Crippen molar-refractivity contribution in [2.75, 3.05) is 0 Å². The van der Waals surface area contributed by atoms with Gasteiger partial charge >= 0.3 is 0 Å². The lowest BCUT2D eigenvalue weighted by Gasteiger charge is -2.00. The Morgan fingerprint density at radius 1 is 1.40 bits per heavy atom. The van der Waals surface area contributed by atoms with E-state index in [9.17, 15) is 0 Å². The highest BCUT2D eigenvalue weighted by Crippen LogP contribution is 2.23. The molecule has 3 aromatic heterocycles. The number of fused-ring (bicyclic) bond motifs is 1. The number of halogens is 1. The summed E-state index contributed by atoms with van der Waals surface area (Å²) >= 11 is 3.49. The van der Waals surface area contributed by atoms with Crippen LogP contribution >= 0.6 is 15.9 Å². The lowest BCUT2D eigenvalue weighted by atomic mass is 10.3. The van der Waals surface area contributed by atoms with E-state index < -0.39 is 0 Å². The molecule has 15 heavy (non-hydrogen) atoms. The quantitative estimate of drug-likeness (QED) is 0.730. The van der Waals surface area contributed by atoms with Crippen LogP contribution in [-0.4, -0.2) is 25.0 Å². The molecule has 6 heteroatoms. The Kier molecular flexibility index (Phi) is 1.81. The van der Waals surface area contributed by atoms with Gasteiger partial charge in [0.1, 0.15) is 5.65 Å². The number of hydrogen-bond acceptors (Lipinski definition) is 3. The lowest BCUT2D eigenvalue weighted by Crippen LogP contribution is -1.98. The van der Waals surface area contributed by atoms with Crippen molar-refractivity contribution in [3.8, 4) is 5.82 Å². The molecule has 0 bridgehead atoms. The van der Waals surface area contributed by atoms with Crippen LogP contribution < -0.4 is 0 Å². The van der Waals surface area contributed by atoms with Gasteiger partial charge in [-0.2, -0.15) is 0 Å². The fourth-order valence-corrected chi connectivity index (χ4v) is 1.96. The van der Waals surface area contributed by atoms with E-state index in [1.807, 2.05) is 18.3 Å². The molecule has 0 aliphatic rings. The van der Waals surface area contributed by atoms with Gasteiger partial charge in [-0.25, -0.2) is 9.67 Å². The van der Waals surface area contributed by atoms with Gasteiger partial charge in [0.15, 0.2) is 5.82 Å².